The lowest BCUT2D eigenvalue weighted by Gasteiger charge is -2.00. The molecule has 0 radical (unpaired) electrons. The highest BCUT2D eigenvalue weighted by Gasteiger charge is 2.13. The summed E-state index contributed by atoms with van der Waals surface area (Å²) in [6.07, 6.45) is 0. The maximum Gasteiger partial charge on any atom is 0.336 e. The topological polar surface area (TPSA) is 64.2 Å². The molecule has 0 aliphatic carbocycles. The van der Waals surface area contributed by atoms with Crippen molar-refractivity contribution in [2.45, 2.75) is 0 Å². The van der Waals surface area contributed by atoms with Crippen molar-refractivity contribution in [1.29, 1.82) is 0 Å². The van der Waals surface area contributed by atoms with E-state index in [1.807, 2.05) is 0 Å². The molecule has 0 spiro atoms. The van der Waals surface area contributed by atoms with Gasteiger partial charge in [0.05, 0.1) is 5.56 Å². The van der Waals surface area contributed by atoms with Gasteiger partial charge in [-0.3, -0.25) is 0 Å². The summed E-state index contributed by atoms with van der Waals surface area (Å²) in [5, 5.41) is 18.8. The van der Waals surface area contributed by atoms with Crippen molar-refractivity contribution in [3.63, 3.8) is 0 Å². The van der Waals surface area contributed by atoms with E-state index < -0.39 is 5.97 Å². The molecule has 12 heavy (non-hydrogen) atoms. The number of rotatable bonds is 1. The third-order valence-electron chi connectivity index (χ3n) is 1.18. The molecule has 6 heteroatoms. The van der Waals surface area contributed by atoms with Gasteiger partial charge in [-0.25, -0.2) is 4.79 Å². The second-order valence-electron chi connectivity index (χ2n) is 1.99. The number of halogens is 2. The van der Waals surface area contributed by atoms with Crippen molar-refractivity contribution < 1.29 is 14.6 Å². The summed E-state index contributed by atoms with van der Waals surface area (Å²) < 4.78 is 0.232. The molecular formula is C6H3Cl2NO3. The minimum atomic E-state index is -1.18. The fraction of sp³-hybridized carbons (Fsp3) is 0. The number of carboxylic acids is 1. The van der Waals surface area contributed by atoms with E-state index in [1.54, 1.807) is 0 Å². The second kappa shape index (κ2) is 3.16. The molecular weight excluding hydrogens is 205 g/mol. The van der Waals surface area contributed by atoms with E-state index in [2.05, 4.69) is 0 Å². The van der Waals surface area contributed by atoms with E-state index in [0.717, 1.165) is 12.1 Å². The number of hydrogen-bond donors (Lipinski definition) is 1. The van der Waals surface area contributed by atoms with Gasteiger partial charge >= 0.3 is 5.97 Å². The van der Waals surface area contributed by atoms with Crippen LogP contribution in [0, 0.1) is 5.21 Å². The van der Waals surface area contributed by atoms with Gasteiger partial charge < -0.3 is 10.3 Å². The van der Waals surface area contributed by atoms with Crippen molar-refractivity contribution in [2.75, 3.05) is 0 Å². The van der Waals surface area contributed by atoms with Crippen LogP contribution in [0.25, 0.3) is 0 Å². The molecule has 0 aliphatic heterocycles. The number of carbonyl (C=O) groups is 1. The Hall–Kier alpha value is -1.00. The molecule has 0 unspecified atom stereocenters. The van der Waals surface area contributed by atoms with Gasteiger partial charge in [-0.15, -0.1) is 4.73 Å². The van der Waals surface area contributed by atoms with Crippen LogP contribution in [0.1, 0.15) is 10.4 Å². The summed E-state index contributed by atoms with van der Waals surface area (Å²) >= 11 is 10.7. The number of nitrogens with zero attached hydrogens (tertiary/aromatic N) is 1. The molecule has 0 aliphatic rings. The van der Waals surface area contributed by atoms with Crippen LogP contribution in [-0.4, -0.2) is 11.1 Å². The minimum Gasteiger partial charge on any atom is -0.617 e. The smallest absolute Gasteiger partial charge is 0.336 e. The molecule has 0 saturated heterocycles. The lowest BCUT2D eigenvalue weighted by molar-refractivity contribution is -0.600. The summed E-state index contributed by atoms with van der Waals surface area (Å²) in [5.41, 5.74) is -0.114. The van der Waals surface area contributed by atoms with Crippen molar-refractivity contribution in [3.05, 3.63) is 33.2 Å². The molecule has 0 saturated carbocycles. The maximum absolute atomic E-state index is 10.8. The lowest BCUT2D eigenvalue weighted by atomic mass is 10.3. The van der Waals surface area contributed by atoms with Gasteiger partial charge in [0, 0.05) is 12.1 Å². The fourth-order valence-electron chi connectivity index (χ4n) is 0.641. The summed E-state index contributed by atoms with van der Waals surface area (Å²) in [5.74, 6) is -1.18. The van der Waals surface area contributed by atoms with Crippen molar-refractivity contribution >= 4 is 29.2 Å². The second-order valence-corrected chi connectivity index (χ2v) is 2.76. The van der Waals surface area contributed by atoms with Crippen LogP contribution < -0.4 is 4.73 Å². The Bertz CT molecular complexity index is 317. The molecule has 64 valence electrons. The molecule has 1 aromatic rings. The van der Waals surface area contributed by atoms with Crippen LogP contribution in [0.5, 0.6) is 0 Å². The molecule has 0 atom stereocenters. The Morgan fingerprint density at radius 2 is 1.83 bits per heavy atom. The van der Waals surface area contributed by atoms with E-state index in [-0.39, 0.29) is 20.6 Å². The van der Waals surface area contributed by atoms with Gasteiger partial charge in [0.15, 0.2) is 0 Å². The molecule has 4 nitrogen and oxygen atoms in total. The van der Waals surface area contributed by atoms with E-state index in [1.165, 1.54) is 0 Å². The Balaban J connectivity index is 3.31. The first kappa shape index (κ1) is 9.09. The van der Waals surface area contributed by atoms with Gasteiger partial charge in [-0.05, 0) is 23.2 Å². The molecule has 1 heterocycles. The zero-order valence-electron chi connectivity index (χ0n) is 5.62. The largest absolute Gasteiger partial charge is 0.617 e. The lowest BCUT2D eigenvalue weighted by Crippen LogP contribution is -2.29. The molecule has 1 rings (SSSR count). The maximum atomic E-state index is 10.8. The van der Waals surface area contributed by atoms with Gasteiger partial charge in [0.1, 0.15) is 0 Å². The number of aromatic carboxylic acids is 1. The highest BCUT2D eigenvalue weighted by molar-refractivity contribution is 6.31. The first-order chi connectivity index (χ1) is 5.52. The number of aromatic nitrogens is 1. The molecule has 0 bridgehead atoms. The Morgan fingerprint density at radius 3 is 2.17 bits per heavy atom. The third kappa shape index (κ3) is 1.60. The molecule has 0 aromatic carbocycles. The zero-order chi connectivity index (χ0) is 9.30. The molecule has 1 aromatic heterocycles. The zero-order valence-corrected chi connectivity index (χ0v) is 7.13. The van der Waals surface area contributed by atoms with Crippen LogP contribution in [0.15, 0.2) is 12.1 Å². The summed E-state index contributed by atoms with van der Waals surface area (Å²) in [6.45, 7) is 0. The summed E-state index contributed by atoms with van der Waals surface area (Å²) in [7, 11) is 0. The SMILES string of the molecule is O=C(O)c1cc(Cl)[n+]([O-])c(Cl)c1. The summed E-state index contributed by atoms with van der Waals surface area (Å²) in [4.78, 5) is 10.4. The fourth-order valence-corrected chi connectivity index (χ4v) is 1.10. The normalized spacial score (nSPS) is 9.83. The first-order valence-electron chi connectivity index (χ1n) is 2.84. The number of pyridine rings is 1. The van der Waals surface area contributed by atoms with Crippen LogP contribution in [0.3, 0.4) is 0 Å². The van der Waals surface area contributed by atoms with Crippen LogP contribution in [0.2, 0.25) is 10.3 Å². The average Bonchev–Trinajstić information content (AvgIpc) is 1.99. The van der Waals surface area contributed by atoms with Crippen molar-refractivity contribution in [2.24, 2.45) is 0 Å². The average molecular weight is 208 g/mol. The van der Waals surface area contributed by atoms with Crippen molar-refractivity contribution in [3.8, 4) is 0 Å². The van der Waals surface area contributed by atoms with E-state index in [9.17, 15) is 10.0 Å². The minimum absolute atomic E-state index is 0.114. The Labute approximate surface area is 77.5 Å². The predicted molar refractivity (Wildman–Crippen MR) is 42.4 cm³/mol. The van der Waals surface area contributed by atoms with Crippen LogP contribution in [-0.2, 0) is 0 Å². The standard InChI is InChI=1S/C6H3Cl2NO3/c7-4-1-3(6(10)11)2-5(8)9(4)12/h1-2H,(H,10,11). The van der Waals surface area contributed by atoms with Crippen LogP contribution >= 0.6 is 23.2 Å². The monoisotopic (exact) mass is 207 g/mol. The van der Waals surface area contributed by atoms with Crippen LogP contribution in [0.4, 0.5) is 0 Å². The predicted octanol–water partition coefficient (Wildman–Crippen LogP) is 1.32. The quantitative estimate of drug-likeness (QED) is 0.430. The third-order valence-corrected chi connectivity index (χ3v) is 1.71. The molecule has 0 amide bonds. The van der Waals surface area contributed by atoms with E-state index in [0.29, 0.717) is 0 Å². The highest BCUT2D eigenvalue weighted by atomic mass is 35.5. The molecule has 1 N–H and O–H groups in total. The van der Waals surface area contributed by atoms with Gasteiger partial charge in [0.2, 0.25) is 0 Å². The summed E-state index contributed by atoms with van der Waals surface area (Å²) in [6, 6.07) is 2.06. The highest BCUT2D eigenvalue weighted by Crippen LogP contribution is 2.12. The van der Waals surface area contributed by atoms with Gasteiger partial charge in [0.25, 0.3) is 10.3 Å². The van der Waals surface area contributed by atoms with E-state index in [4.69, 9.17) is 28.3 Å². The first-order valence-corrected chi connectivity index (χ1v) is 3.60. The van der Waals surface area contributed by atoms with Gasteiger partial charge in [-0.2, -0.15) is 0 Å². The van der Waals surface area contributed by atoms with Crippen molar-refractivity contribution in [1.82, 2.24) is 0 Å². The Kier molecular flexibility index (Phi) is 2.40. The Morgan fingerprint density at radius 1 is 1.42 bits per heavy atom. The van der Waals surface area contributed by atoms with E-state index >= 15 is 0 Å². The van der Waals surface area contributed by atoms with Gasteiger partial charge in [-0.1, -0.05) is 0 Å². The number of hydrogen-bond acceptors (Lipinski definition) is 2. The number of carboxylic acid groups (broad SMARTS) is 1. The molecule has 0 fully saturated rings.